The van der Waals surface area contributed by atoms with Crippen molar-refractivity contribution in [2.75, 3.05) is 18.9 Å². The third kappa shape index (κ3) is 4.52. The smallest absolute Gasteiger partial charge is 0.201 e. The normalized spacial score (nSPS) is 10.9. The number of ether oxygens (including phenoxy) is 2. The van der Waals surface area contributed by atoms with Crippen molar-refractivity contribution in [3.8, 4) is 11.5 Å². The number of hydrogen-bond acceptors (Lipinski definition) is 6. The van der Waals surface area contributed by atoms with E-state index in [1.807, 2.05) is 0 Å². The lowest BCUT2D eigenvalue weighted by Crippen LogP contribution is -2.09. The zero-order valence-corrected chi connectivity index (χ0v) is 18.5. The number of ketones is 1. The lowest BCUT2D eigenvalue weighted by atomic mass is 10.0. The maximum atomic E-state index is 15.2. The molecule has 0 unspecified atom stereocenters. The summed E-state index contributed by atoms with van der Waals surface area (Å²) in [7, 11) is 3.03. The van der Waals surface area contributed by atoms with E-state index >= 15 is 4.39 Å². The fourth-order valence-electron chi connectivity index (χ4n) is 3.02. The Bertz CT molecular complexity index is 1190. The van der Waals surface area contributed by atoms with Gasteiger partial charge in [-0.15, -0.1) is 0 Å². The number of carbonyl (C=O) groups excluding carboxylic acids is 1. The van der Waals surface area contributed by atoms with E-state index < -0.39 is 23.0 Å². The highest BCUT2D eigenvalue weighted by Gasteiger charge is 2.25. The van der Waals surface area contributed by atoms with Gasteiger partial charge >= 0.3 is 0 Å². The SMILES string of the molecule is C=Cc1c(C(=O)c2c(F)ccc(NSc3ccc(OC)c(OC)c3)c2F)c[nH]c1/N=C\C. The second-order valence-corrected chi connectivity index (χ2v) is 7.27. The first-order chi connectivity index (χ1) is 15.4. The fourth-order valence-corrected chi connectivity index (χ4v) is 3.71. The second-order valence-electron chi connectivity index (χ2n) is 6.39. The van der Waals surface area contributed by atoms with Crippen LogP contribution in [0.25, 0.3) is 6.08 Å². The molecule has 3 rings (SSSR count). The summed E-state index contributed by atoms with van der Waals surface area (Å²) < 4.78 is 43.0. The molecule has 0 saturated carbocycles. The first kappa shape index (κ1) is 23.1. The van der Waals surface area contributed by atoms with Crippen LogP contribution in [-0.4, -0.2) is 31.2 Å². The highest BCUT2D eigenvalue weighted by Crippen LogP contribution is 2.34. The van der Waals surface area contributed by atoms with E-state index in [0.717, 1.165) is 18.0 Å². The molecule has 3 aromatic rings. The molecule has 32 heavy (non-hydrogen) atoms. The van der Waals surface area contributed by atoms with E-state index in [1.54, 1.807) is 25.1 Å². The molecule has 166 valence electrons. The van der Waals surface area contributed by atoms with Crippen LogP contribution in [0.2, 0.25) is 0 Å². The molecular weight excluding hydrogens is 436 g/mol. The van der Waals surface area contributed by atoms with Crippen molar-refractivity contribution in [1.29, 1.82) is 0 Å². The number of carbonyl (C=O) groups is 1. The van der Waals surface area contributed by atoms with Crippen LogP contribution in [0.5, 0.6) is 11.5 Å². The van der Waals surface area contributed by atoms with Gasteiger partial charge in [-0.05, 0) is 49.2 Å². The number of nitrogens with one attached hydrogen (secondary N) is 2. The molecule has 2 N–H and O–H groups in total. The van der Waals surface area contributed by atoms with Gasteiger partial charge in [-0.3, -0.25) is 4.79 Å². The maximum absolute atomic E-state index is 15.2. The summed E-state index contributed by atoms with van der Waals surface area (Å²) in [5, 5.41) is 0. The number of halogens is 2. The number of methoxy groups -OCH3 is 2. The van der Waals surface area contributed by atoms with Crippen molar-refractivity contribution in [2.24, 2.45) is 4.99 Å². The topological polar surface area (TPSA) is 75.7 Å². The molecule has 0 bridgehead atoms. The molecular formula is C23H21F2N3O3S. The van der Waals surface area contributed by atoms with Crippen molar-refractivity contribution < 1.29 is 23.0 Å². The Hall–Kier alpha value is -3.59. The molecule has 0 aliphatic carbocycles. The Morgan fingerprint density at radius 2 is 1.94 bits per heavy atom. The number of H-pyrrole nitrogens is 1. The van der Waals surface area contributed by atoms with E-state index in [0.29, 0.717) is 27.8 Å². The van der Waals surface area contributed by atoms with Gasteiger partial charge in [-0.25, -0.2) is 13.8 Å². The summed E-state index contributed by atoms with van der Waals surface area (Å²) in [6.45, 7) is 5.37. The molecule has 2 aromatic carbocycles. The number of anilines is 1. The summed E-state index contributed by atoms with van der Waals surface area (Å²) in [6, 6.07) is 7.43. The fraction of sp³-hybridized carbons (Fsp3) is 0.130. The molecule has 9 heteroatoms. The van der Waals surface area contributed by atoms with Gasteiger partial charge in [-0.1, -0.05) is 12.7 Å². The standard InChI is InChI=1S/C23H21F2N3O3S/c1-5-14-15(12-27-23(14)26-6-2)22(29)20-16(24)8-9-17(21(20)25)28-32-13-7-10-18(30-3)19(11-13)31-4/h5-12,27-28H,1H2,2-4H3/b26-6-. The minimum atomic E-state index is -1.00. The number of aromatic nitrogens is 1. The van der Waals surface area contributed by atoms with E-state index in [4.69, 9.17) is 9.47 Å². The molecule has 0 amide bonds. The van der Waals surface area contributed by atoms with Gasteiger partial charge in [0.2, 0.25) is 5.78 Å². The first-order valence-corrected chi connectivity index (χ1v) is 10.3. The second kappa shape index (κ2) is 10.1. The van der Waals surface area contributed by atoms with Crippen LogP contribution in [0.1, 0.15) is 28.4 Å². The van der Waals surface area contributed by atoms with E-state index in [-0.39, 0.29) is 11.3 Å². The minimum absolute atomic E-state index is 0.0444. The Kier molecular flexibility index (Phi) is 7.32. The quantitative estimate of drug-likeness (QED) is 0.233. The average molecular weight is 458 g/mol. The first-order valence-electron chi connectivity index (χ1n) is 9.45. The molecule has 0 aliphatic rings. The Balaban J connectivity index is 1.91. The number of aliphatic imine (C=N–C) groups is 1. The number of benzene rings is 2. The number of nitrogens with zero attached hydrogens (tertiary/aromatic N) is 1. The molecule has 1 aromatic heterocycles. The molecule has 0 radical (unpaired) electrons. The zero-order valence-electron chi connectivity index (χ0n) is 17.7. The van der Waals surface area contributed by atoms with Crippen LogP contribution < -0.4 is 14.2 Å². The van der Waals surface area contributed by atoms with Crippen LogP contribution in [-0.2, 0) is 0 Å². The van der Waals surface area contributed by atoms with Crippen LogP contribution in [0, 0.1) is 11.6 Å². The summed E-state index contributed by atoms with van der Waals surface area (Å²) in [5.74, 6) is -1.35. The molecule has 0 aliphatic heterocycles. The third-order valence-corrected chi connectivity index (χ3v) is 5.37. The molecule has 6 nitrogen and oxygen atoms in total. The Morgan fingerprint density at radius 3 is 2.59 bits per heavy atom. The van der Waals surface area contributed by atoms with Crippen LogP contribution in [0.4, 0.5) is 20.3 Å². The highest BCUT2D eigenvalue weighted by atomic mass is 32.2. The molecule has 1 heterocycles. The largest absolute Gasteiger partial charge is 0.493 e. The van der Waals surface area contributed by atoms with Gasteiger partial charge in [0.15, 0.2) is 17.3 Å². The highest BCUT2D eigenvalue weighted by molar-refractivity contribution is 8.00. The molecule has 0 atom stereocenters. The predicted molar refractivity (Wildman–Crippen MR) is 124 cm³/mol. The molecule has 0 saturated heterocycles. The van der Waals surface area contributed by atoms with Gasteiger partial charge in [0.1, 0.15) is 11.6 Å². The number of rotatable bonds is 9. The van der Waals surface area contributed by atoms with E-state index in [1.165, 1.54) is 38.8 Å². The van der Waals surface area contributed by atoms with E-state index in [9.17, 15) is 9.18 Å². The van der Waals surface area contributed by atoms with E-state index in [2.05, 4.69) is 21.3 Å². The summed E-state index contributed by atoms with van der Waals surface area (Å²) in [5.41, 5.74) is -0.276. The lowest BCUT2D eigenvalue weighted by molar-refractivity contribution is 0.103. The number of hydrogen-bond donors (Lipinski definition) is 2. The summed E-state index contributed by atoms with van der Waals surface area (Å²) >= 11 is 1.08. The van der Waals surface area contributed by atoms with Crippen molar-refractivity contribution >= 4 is 41.5 Å². The Labute approximate surface area is 188 Å². The monoisotopic (exact) mass is 457 g/mol. The van der Waals surface area contributed by atoms with Gasteiger partial charge in [0.25, 0.3) is 0 Å². The zero-order chi connectivity index (χ0) is 23.3. The summed E-state index contributed by atoms with van der Waals surface area (Å²) in [4.78, 5) is 20.6. The third-order valence-electron chi connectivity index (χ3n) is 4.56. The minimum Gasteiger partial charge on any atom is -0.493 e. The lowest BCUT2D eigenvalue weighted by Gasteiger charge is -2.12. The van der Waals surface area contributed by atoms with Gasteiger partial charge in [-0.2, -0.15) is 0 Å². The predicted octanol–water partition coefficient (Wildman–Crippen LogP) is 6.03. The van der Waals surface area contributed by atoms with Gasteiger partial charge < -0.3 is 19.2 Å². The maximum Gasteiger partial charge on any atom is 0.201 e. The molecule has 0 fully saturated rings. The van der Waals surface area contributed by atoms with Crippen LogP contribution in [0.15, 0.2) is 53.0 Å². The average Bonchev–Trinajstić information content (AvgIpc) is 3.21. The van der Waals surface area contributed by atoms with Crippen molar-refractivity contribution in [1.82, 2.24) is 4.98 Å². The Morgan fingerprint density at radius 1 is 1.19 bits per heavy atom. The van der Waals surface area contributed by atoms with Crippen molar-refractivity contribution in [3.63, 3.8) is 0 Å². The van der Waals surface area contributed by atoms with Gasteiger partial charge in [0.05, 0.1) is 25.5 Å². The van der Waals surface area contributed by atoms with Gasteiger partial charge in [0, 0.05) is 28.4 Å². The summed E-state index contributed by atoms with van der Waals surface area (Å²) in [6.07, 6.45) is 4.31. The van der Waals surface area contributed by atoms with Crippen molar-refractivity contribution in [3.05, 3.63) is 71.4 Å². The molecule has 0 spiro atoms. The van der Waals surface area contributed by atoms with Crippen LogP contribution in [0.3, 0.4) is 0 Å². The number of aromatic amines is 1. The van der Waals surface area contributed by atoms with Crippen LogP contribution >= 0.6 is 11.9 Å². The van der Waals surface area contributed by atoms with Crippen molar-refractivity contribution in [2.45, 2.75) is 11.8 Å².